The van der Waals surface area contributed by atoms with Gasteiger partial charge in [0.25, 0.3) is 0 Å². The summed E-state index contributed by atoms with van der Waals surface area (Å²) < 4.78 is 2.01. The summed E-state index contributed by atoms with van der Waals surface area (Å²) in [6.07, 6.45) is 4.04. The van der Waals surface area contributed by atoms with E-state index in [4.69, 9.17) is 0 Å². The summed E-state index contributed by atoms with van der Waals surface area (Å²) in [5.74, 6) is 0.948. The lowest BCUT2D eigenvalue weighted by atomic mass is 10.2. The molecule has 0 saturated heterocycles. The molecule has 0 aromatic carbocycles. The van der Waals surface area contributed by atoms with E-state index in [1.54, 1.807) is 0 Å². The first-order chi connectivity index (χ1) is 5.79. The molecular formula is C9H13BrN2. The van der Waals surface area contributed by atoms with Gasteiger partial charge in [-0.2, -0.15) is 5.10 Å². The van der Waals surface area contributed by atoms with Crippen molar-refractivity contribution in [1.29, 1.82) is 0 Å². The van der Waals surface area contributed by atoms with E-state index in [0.717, 1.165) is 16.9 Å². The Balaban J connectivity index is 2.12. The maximum absolute atomic E-state index is 4.38. The maximum atomic E-state index is 4.38. The number of aryl methyl sites for hydroxylation is 1. The molecule has 12 heavy (non-hydrogen) atoms. The monoisotopic (exact) mass is 228 g/mol. The molecule has 1 aliphatic rings. The molecule has 1 heterocycles. The fourth-order valence-corrected chi connectivity index (χ4v) is 1.72. The fourth-order valence-electron chi connectivity index (χ4n) is 1.45. The summed E-state index contributed by atoms with van der Waals surface area (Å²) in [5.41, 5.74) is 2.53. The second kappa shape index (κ2) is 3.21. The zero-order valence-corrected chi connectivity index (χ0v) is 8.84. The first kappa shape index (κ1) is 8.30. The zero-order valence-electron chi connectivity index (χ0n) is 7.26. The maximum Gasteiger partial charge on any atom is 0.0732 e. The molecule has 1 aromatic rings. The van der Waals surface area contributed by atoms with Gasteiger partial charge in [-0.25, -0.2) is 0 Å². The molecule has 0 spiro atoms. The Morgan fingerprint density at radius 1 is 1.67 bits per heavy atom. The number of hydrogen-bond acceptors (Lipinski definition) is 1. The van der Waals surface area contributed by atoms with Gasteiger partial charge in [0.15, 0.2) is 0 Å². The van der Waals surface area contributed by atoms with Gasteiger partial charge in [0.2, 0.25) is 0 Å². The largest absolute Gasteiger partial charge is 0.272 e. The van der Waals surface area contributed by atoms with Crippen molar-refractivity contribution in [2.24, 2.45) is 13.0 Å². The smallest absolute Gasteiger partial charge is 0.0732 e. The lowest BCUT2D eigenvalue weighted by Gasteiger charge is -1.97. The van der Waals surface area contributed by atoms with Gasteiger partial charge in [0.05, 0.1) is 5.69 Å². The normalized spacial score (nSPS) is 16.8. The van der Waals surface area contributed by atoms with Gasteiger partial charge in [0.1, 0.15) is 0 Å². The molecule has 0 atom stereocenters. The standard InChI is InChI=1S/C9H13BrN2/c1-12-9(4-7-2-3-7)5-8(6-10)11-12/h5,7H,2-4,6H2,1H3. The Hall–Kier alpha value is -0.310. The van der Waals surface area contributed by atoms with Gasteiger partial charge in [-0.1, -0.05) is 15.9 Å². The highest BCUT2D eigenvalue weighted by Gasteiger charge is 2.23. The zero-order chi connectivity index (χ0) is 8.55. The van der Waals surface area contributed by atoms with E-state index in [1.807, 2.05) is 11.7 Å². The number of hydrogen-bond donors (Lipinski definition) is 0. The van der Waals surface area contributed by atoms with E-state index in [1.165, 1.54) is 25.0 Å². The molecule has 2 rings (SSSR count). The minimum absolute atomic E-state index is 0.867. The second-order valence-electron chi connectivity index (χ2n) is 3.53. The highest BCUT2D eigenvalue weighted by molar-refractivity contribution is 9.08. The number of nitrogens with zero attached hydrogens (tertiary/aromatic N) is 2. The van der Waals surface area contributed by atoms with Crippen molar-refractivity contribution in [2.45, 2.75) is 24.6 Å². The Kier molecular flexibility index (Phi) is 2.22. The third-order valence-corrected chi connectivity index (χ3v) is 2.93. The quantitative estimate of drug-likeness (QED) is 0.727. The number of alkyl halides is 1. The van der Waals surface area contributed by atoms with Crippen LogP contribution in [0, 0.1) is 5.92 Å². The highest BCUT2D eigenvalue weighted by Crippen LogP contribution is 2.32. The van der Waals surface area contributed by atoms with E-state index in [0.29, 0.717) is 0 Å². The molecule has 2 nitrogen and oxygen atoms in total. The number of aromatic nitrogens is 2. The third-order valence-electron chi connectivity index (χ3n) is 2.36. The average molecular weight is 229 g/mol. The lowest BCUT2D eigenvalue weighted by Crippen LogP contribution is -1.98. The molecular weight excluding hydrogens is 216 g/mol. The van der Waals surface area contributed by atoms with Crippen LogP contribution in [0.15, 0.2) is 6.07 Å². The van der Waals surface area contributed by atoms with Gasteiger partial charge < -0.3 is 0 Å². The molecule has 0 unspecified atom stereocenters. The molecule has 1 aliphatic carbocycles. The van der Waals surface area contributed by atoms with Crippen LogP contribution in [0.1, 0.15) is 24.2 Å². The van der Waals surface area contributed by atoms with Crippen LogP contribution >= 0.6 is 15.9 Å². The molecule has 1 aromatic heterocycles. The van der Waals surface area contributed by atoms with Gasteiger partial charge in [-0.15, -0.1) is 0 Å². The van der Waals surface area contributed by atoms with Crippen LogP contribution in [0.5, 0.6) is 0 Å². The van der Waals surface area contributed by atoms with Crippen LogP contribution in [0.25, 0.3) is 0 Å². The van der Waals surface area contributed by atoms with E-state index in [-0.39, 0.29) is 0 Å². The number of halogens is 1. The minimum Gasteiger partial charge on any atom is -0.272 e. The Bertz CT molecular complexity index is 276. The van der Waals surface area contributed by atoms with Gasteiger partial charge in [0, 0.05) is 18.1 Å². The van der Waals surface area contributed by atoms with E-state index in [9.17, 15) is 0 Å². The van der Waals surface area contributed by atoms with Gasteiger partial charge in [-0.3, -0.25) is 4.68 Å². The van der Waals surface area contributed by atoms with Crippen LogP contribution in [-0.2, 0) is 18.8 Å². The van der Waals surface area contributed by atoms with Crippen molar-refractivity contribution in [1.82, 2.24) is 9.78 Å². The molecule has 0 N–H and O–H groups in total. The number of rotatable bonds is 3. The van der Waals surface area contributed by atoms with E-state index < -0.39 is 0 Å². The lowest BCUT2D eigenvalue weighted by molar-refractivity contribution is 0.672. The van der Waals surface area contributed by atoms with Crippen LogP contribution in [0.2, 0.25) is 0 Å². The Labute approximate surface area is 81.1 Å². The predicted octanol–water partition coefficient (Wildman–Crippen LogP) is 2.27. The molecule has 1 saturated carbocycles. The SMILES string of the molecule is Cn1nc(CBr)cc1CC1CC1. The summed E-state index contributed by atoms with van der Waals surface area (Å²) in [6, 6.07) is 2.20. The molecule has 1 fully saturated rings. The van der Waals surface area contributed by atoms with E-state index >= 15 is 0 Å². The second-order valence-corrected chi connectivity index (χ2v) is 4.09. The van der Waals surface area contributed by atoms with Gasteiger partial charge >= 0.3 is 0 Å². The molecule has 0 aliphatic heterocycles. The summed E-state index contributed by atoms with van der Waals surface area (Å²) >= 11 is 3.41. The predicted molar refractivity (Wildman–Crippen MR) is 52.3 cm³/mol. The highest BCUT2D eigenvalue weighted by atomic mass is 79.9. The molecule has 66 valence electrons. The van der Waals surface area contributed by atoms with Crippen LogP contribution < -0.4 is 0 Å². The van der Waals surface area contributed by atoms with Gasteiger partial charge in [-0.05, 0) is 31.2 Å². The van der Waals surface area contributed by atoms with Crippen LogP contribution in [0.3, 0.4) is 0 Å². The Morgan fingerprint density at radius 2 is 2.42 bits per heavy atom. The summed E-state index contributed by atoms with van der Waals surface area (Å²) in [5, 5.41) is 5.25. The van der Waals surface area contributed by atoms with Crippen molar-refractivity contribution < 1.29 is 0 Å². The summed E-state index contributed by atoms with van der Waals surface area (Å²) in [6.45, 7) is 0. The first-order valence-corrected chi connectivity index (χ1v) is 5.49. The molecule has 0 bridgehead atoms. The van der Waals surface area contributed by atoms with Crippen molar-refractivity contribution in [2.75, 3.05) is 0 Å². The Morgan fingerprint density at radius 3 is 2.92 bits per heavy atom. The van der Waals surface area contributed by atoms with Crippen molar-refractivity contribution >= 4 is 15.9 Å². The summed E-state index contributed by atoms with van der Waals surface area (Å²) in [7, 11) is 2.03. The average Bonchev–Trinajstić information content (AvgIpc) is 2.78. The molecule has 0 radical (unpaired) electrons. The fraction of sp³-hybridized carbons (Fsp3) is 0.667. The van der Waals surface area contributed by atoms with Crippen molar-refractivity contribution in [3.05, 3.63) is 17.5 Å². The topological polar surface area (TPSA) is 17.8 Å². The third kappa shape index (κ3) is 1.71. The van der Waals surface area contributed by atoms with Crippen LogP contribution in [0.4, 0.5) is 0 Å². The summed E-state index contributed by atoms with van der Waals surface area (Å²) in [4.78, 5) is 0. The first-order valence-electron chi connectivity index (χ1n) is 4.37. The molecule has 3 heteroatoms. The van der Waals surface area contributed by atoms with Crippen molar-refractivity contribution in [3.8, 4) is 0 Å². The molecule has 0 amide bonds. The van der Waals surface area contributed by atoms with E-state index in [2.05, 4.69) is 27.1 Å². The van der Waals surface area contributed by atoms with Crippen molar-refractivity contribution in [3.63, 3.8) is 0 Å². The minimum atomic E-state index is 0.867. The van der Waals surface area contributed by atoms with Crippen LogP contribution in [-0.4, -0.2) is 9.78 Å².